The van der Waals surface area contributed by atoms with Gasteiger partial charge in [0.15, 0.2) is 5.69 Å². The third-order valence-corrected chi connectivity index (χ3v) is 2.88. The highest BCUT2D eigenvalue weighted by molar-refractivity contribution is 7.98. The summed E-state index contributed by atoms with van der Waals surface area (Å²) in [4.78, 5) is 11.7. The highest BCUT2D eigenvalue weighted by Gasteiger charge is 2.14. The van der Waals surface area contributed by atoms with Gasteiger partial charge in [0.1, 0.15) is 0 Å². The topological polar surface area (TPSA) is 57.8 Å². The Bertz CT molecular complexity index is 335. The van der Waals surface area contributed by atoms with Crippen LogP contribution in [0, 0.1) is 6.92 Å². The van der Waals surface area contributed by atoms with Gasteiger partial charge < -0.3 is 5.32 Å². The number of hydrogen-bond donors (Lipinski definition) is 2. The summed E-state index contributed by atoms with van der Waals surface area (Å²) in [7, 11) is 0. The minimum atomic E-state index is -0.0856. The second-order valence-electron chi connectivity index (χ2n) is 3.28. The highest BCUT2D eigenvalue weighted by Crippen LogP contribution is 2.09. The van der Waals surface area contributed by atoms with Gasteiger partial charge in [-0.25, -0.2) is 0 Å². The summed E-state index contributed by atoms with van der Waals surface area (Å²) >= 11 is 1.71. The van der Waals surface area contributed by atoms with Crippen molar-refractivity contribution in [1.29, 1.82) is 0 Å². The summed E-state index contributed by atoms with van der Waals surface area (Å²) in [5, 5.41) is 9.74. The van der Waals surface area contributed by atoms with E-state index in [4.69, 9.17) is 0 Å². The molecule has 0 unspecified atom stereocenters. The minimum Gasteiger partial charge on any atom is -0.350 e. The van der Waals surface area contributed by atoms with Crippen LogP contribution in [0.1, 0.15) is 28.7 Å². The zero-order valence-corrected chi connectivity index (χ0v) is 10.2. The Morgan fingerprint density at radius 2 is 2.33 bits per heavy atom. The first-order chi connectivity index (χ1) is 7.20. The summed E-state index contributed by atoms with van der Waals surface area (Å²) in [6.07, 6.45) is 2.89. The molecule has 0 fully saturated rings. The Morgan fingerprint density at radius 1 is 1.60 bits per heavy atom. The molecule has 0 aliphatic rings. The van der Waals surface area contributed by atoms with Crippen molar-refractivity contribution in [3.05, 3.63) is 17.0 Å². The number of aryl methyl sites for hydroxylation is 1. The summed E-state index contributed by atoms with van der Waals surface area (Å²) in [5.41, 5.74) is 2.51. The molecule has 4 nitrogen and oxygen atoms in total. The van der Waals surface area contributed by atoms with Crippen LogP contribution in [0.5, 0.6) is 0 Å². The molecule has 84 valence electrons. The SMILES string of the molecule is CCc1[nH]nc(C(=O)NCCSC)c1C. The predicted molar refractivity (Wildman–Crippen MR) is 63.4 cm³/mol. The van der Waals surface area contributed by atoms with Crippen LogP contribution in [0.25, 0.3) is 0 Å². The third kappa shape index (κ3) is 2.99. The fourth-order valence-electron chi connectivity index (χ4n) is 1.35. The van der Waals surface area contributed by atoms with E-state index in [9.17, 15) is 4.79 Å². The van der Waals surface area contributed by atoms with Gasteiger partial charge in [-0.05, 0) is 19.6 Å². The highest BCUT2D eigenvalue weighted by atomic mass is 32.2. The van der Waals surface area contributed by atoms with Crippen LogP contribution < -0.4 is 5.32 Å². The van der Waals surface area contributed by atoms with Gasteiger partial charge in [0.05, 0.1) is 0 Å². The summed E-state index contributed by atoms with van der Waals surface area (Å²) in [6.45, 7) is 4.65. The van der Waals surface area contributed by atoms with Crippen LogP contribution in [0.3, 0.4) is 0 Å². The Labute approximate surface area is 94.2 Å². The summed E-state index contributed by atoms with van der Waals surface area (Å²) < 4.78 is 0. The lowest BCUT2D eigenvalue weighted by molar-refractivity contribution is 0.0950. The van der Waals surface area contributed by atoms with Gasteiger partial charge >= 0.3 is 0 Å². The Kier molecular flexibility index (Phi) is 4.68. The average molecular weight is 227 g/mol. The third-order valence-electron chi connectivity index (χ3n) is 2.27. The van der Waals surface area contributed by atoms with E-state index in [1.807, 2.05) is 20.1 Å². The molecular formula is C10H17N3OS. The molecule has 0 aromatic carbocycles. The number of aromatic amines is 1. The molecule has 1 aromatic heterocycles. The van der Waals surface area contributed by atoms with Crippen LogP contribution in [-0.4, -0.2) is 34.7 Å². The van der Waals surface area contributed by atoms with E-state index in [-0.39, 0.29) is 5.91 Å². The van der Waals surface area contributed by atoms with Gasteiger partial charge in [0.2, 0.25) is 0 Å². The van der Waals surface area contributed by atoms with Gasteiger partial charge in [-0.2, -0.15) is 16.9 Å². The van der Waals surface area contributed by atoms with Crippen LogP contribution in [0.4, 0.5) is 0 Å². The largest absolute Gasteiger partial charge is 0.350 e. The van der Waals surface area contributed by atoms with E-state index in [2.05, 4.69) is 15.5 Å². The van der Waals surface area contributed by atoms with E-state index >= 15 is 0 Å². The van der Waals surface area contributed by atoms with Gasteiger partial charge in [-0.3, -0.25) is 9.89 Å². The molecule has 15 heavy (non-hydrogen) atoms. The number of thioether (sulfide) groups is 1. The van der Waals surface area contributed by atoms with Crippen molar-refractivity contribution in [2.45, 2.75) is 20.3 Å². The van der Waals surface area contributed by atoms with Crippen LogP contribution in [0.2, 0.25) is 0 Å². The first-order valence-corrected chi connectivity index (χ1v) is 6.41. The number of aromatic nitrogens is 2. The number of carbonyl (C=O) groups excluding carboxylic acids is 1. The summed E-state index contributed by atoms with van der Waals surface area (Å²) in [5.74, 6) is 0.841. The van der Waals surface area contributed by atoms with Gasteiger partial charge in [0.25, 0.3) is 5.91 Å². The molecule has 5 heteroatoms. The standard InChI is InChI=1S/C10H17N3OS/c1-4-8-7(2)9(13-12-8)10(14)11-5-6-15-3/h4-6H2,1-3H3,(H,11,14)(H,12,13). The smallest absolute Gasteiger partial charge is 0.272 e. The van der Waals surface area contributed by atoms with E-state index in [0.29, 0.717) is 12.2 Å². The van der Waals surface area contributed by atoms with Gasteiger partial charge in [0, 0.05) is 23.6 Å². The maximum atomic E-state index is 11.7. The average Bonchev–Trinajstić information content (AvgIpc) is 2.60. The van der Waals surface area contributed by atoms with Crippen LogP contribution in [0.15, 0.2) is 0 Å². The number of nitrogens with zero attached hydrogens (tertiary/aromatic N) is 1. The molecule has 0 atom stereocenters. The molecule has 2 N–H and O–H groups in total. The number of carbonyl (C=O) groups is 1. The lowest BCUT2D eigenvalue weighted by Gasteiger charge is -2.02. The monoisotopic (exact) mass is 227 g/mol. The predicted octanol–water partition coefficient (Wildman–Crippen LogP) is 1.37. The van der Waals surface area contributed by atoms with Crippen LogP contribution in [-0.2, 0) is 6.42 Å². The molecule has 1 rings (SSSR count). The quantitative estimate of drug-likeness (QED) is 0.747. The van der Waals surface area contributed by atoms with E-state index < -0.39 is 0 Å². The van der Waals surface area contributed by atoms with Crippen molar-refractivity contribution in [2.75, 3.05) is 18.6 Å². The molecule has 1 heterocycles. The van der Waals surface area contributed by atoms with Crippen LogP contribution >= 0.6 is 11.8 Å². The molecule has 1 aromatic rings. The van der Waals surface area contributed by atoms with Crippen molar-refractivity contribution in [2.24, 2.45) is 0 Å². The molecule has 0 radical (unpaired) electrons. The lowest BCUT2D eigenvalue weighted by atomic mass is 10.1. The molecular weight excluding hydrogens is 210 g/mol. The fraction of sp³-hybridized carbons (Fsp3) is 0.600. The first kappa shape index (κ1) is 12.1. The van der Waals surface area contributed by atoms with Crippen molar-refractivity contribution < 1.29 is 4.79 Å². The maximum Gasteiger partial charge on any atom is 0.272 e. The molecule has 0 spiro atoms. The second-order valence-corrected chi connectivity index (χ2v) is 4.26. The lowest BCUT2D eigenvalue weighted by Crippen LogP contribution is -2.26. The Hall–Kier alpha value is -0.970. The molecule has 0 saturated carbocycles. The first-order valence-electron chi connectivity index (χ1n) is 5.01. The van der Waals surface area contributed by atoms with Crippen molar-refractivity contribution in [3.8, 4) is 0 Å². The minimum absolute atomic E-state index is 0.0856. The Balaban J connectivity index is 2.61. The molecule has 0 bridgehead atoms. The Morgan fingerprint density at radius 3 is 2.87 bits per heavy atom. The van der Waals surface area contributed by atoms with E-state index in [1.54, 1.807) is 11.8 Å². The molecule has 0 aliphatic carbocycles. The van der Waals surface area contributed by atoms with Crippen molar-refractivity contribution >= 4 is 17.7 Å². The number of rotatable bonds is 5. The number of amides is 1. The molecule has 1 amide bonds. The molecule has 0 aliphatic heterocycles. The summed E-state index contributed by atoms with van der Waals surface area (Å²) in [6, 6.07) is 0. The second kappa shape index (κ2) is 5.80. The van der Waals surface area contributed by atoms with Gasteiger partial charge in [-0.1, -0.05) is 6.92 Å². The fourth-order valence-corrected chi connectivity index (χ4v) is 1.66. The van der Waals surface area contributed by atoms with Crippen molar-refractivity contribution in [3.63, 3.8) is 0 Å². The number of nitrogens with one attached hydrogen (secondary N) is 2. The maximum absolute atomic E-state index is 11.7. The molecule has 0 saturated heterocycles. The van der Waals surface area contributed by atoms with Crippen molar-refractivity contribution in [1.82, 2.24) is 15.5 Å². The van der Waals surface area contributed by atoms with E-state index in [1.165, 1.54) is 0 Å². The number of H-pyrrole nitrogens is 1. The zero-order chi connectivity index (χ0) is 11.3. The van der Waals surface area contributed by atoms with E-state index in [0.717, 1.165) is 23.4 Å². The van der Waals surface area contributed by atoms with Gasteiger partial charge in [-0.15, -0.1) is 0 Å². The zero-order valence-electron chi connectivity index (χ0n) is 9.39. The number of hydrogen-bond acceptors (Lipinski definition) is 3. The normalized spacial score (nSPS) is 10.3.